The van der Waals surface area contributed by atoms with E-state index in [2.05, 4.69) is 4.98 Å². The van der Waals surface area contributed by atoms with E-state index < -0.39 is 19.6 Å². The number of pyridine rings is 2. The van der Waals surface area contributed by atoms with Gasteiger partial charge in [0.25, 0.3) is 0 Å². The third kappa shape index (κ3) is 2.36. The minimum absolute atomic E-state index is 0.0998. The van der Waals surface area contributed by atoms with Gasteiger partial charge in [0, 0.05) is 44.1 Å². The smallest absolute Gasteiger partial charge is 0.227 e. The van der Waals surface area contributed by atoms with Gasteiger partial charge in [-0.3, -0.25) is 0 Å². The van der Waals surface area contributed by atoms with Crippen molar-refractivity contribution in [3.05, 3.63) is 72.1 Å². The zero-order valence-electron chi connectivity index (χ0n) is 22.6. The first kappa shape index (κ1) is 11.0. The minimum Gasteiger partial charge on any atom is -0.437 e. The monoisotopic (exact) mass is 374 g/mol. The van der Waals surface area contributed by atoms with E-state index >= 15 is 0 Å². The van der Waals surface area contributed by atoms with Crippen LogP contribution in [-0.2, 0) is 7.05 Å². The third-order valence-electron chi connectivity index (χ3n) is 5.36. The summed E-state index contributed by atoms with van der Waals surface area (Å²) in [5, 5.41) is 3.46. The van der Waals surface area contributed by atoms with Crippen molar-refractivity contribution in [3.8, 4) is 11.3 Å². The first-order valence-electron chi connectivity index (χ1n) is 12.6. The van der Waals surface area contributed by atoms with Crippen molar-refractivity contribution in [2.75, 3.05) is 0 Å². The van der Waals surface area contributed by atoms with Gasteiger partial charge in [0.1, 0.15) is 12.6 Å². The summed E-state index contributed by atoms with van der Waals surface area (Å²) in [5.74, 6) is -2.80. The molecular formula is C25H23N2O+. The highest BCUT2D eigenvalue weighted by Gasteiger charge is 2.24. The Kier molecular flexibility index (Phi) is 2.41. The number of fused-ring (bicyclic) bond motifs is 5. The van der Waals surface area contributed by atoms with Crippen LogP contribution in [0.3, 0.4) is 0 Å². The van der Waals surface area contributed by atoms with Crippen molar-refractivity contribution in [1.82, 2.24) is 4.98 Å². The molecule has 5 aromatic rings. The van der Waals surface area contributed by atoms with Crippen molar-refractivity contribution in [2.45, 2.75) is 26.5 Å². The number of benzene rings is 2. The Bertz CT molecular complexity index is 1600. The predicted octanol–water partition coefficient (Wildman–Crippen LogP) is 6.06. The van der Waals surface area contributed by atoms with Crippen molar-refractivity contribution in [2.24, 2.45) is 7.05 Å². The Morgan fingerprint density at radius 3 is 2.68 bits per heavy atom. The zero-order valence-corrected chi connectivity index (χ0v) is 15.6. The van der Waals surface area contributed by atoms with Crippen LogP contribution < -0.4 is 4.57 Å². The fourth-order valence-electron chi connectivity index (χ4n) is 3.99. The molecule has 3 heteroatoms. The van der Waals surface area contributed by atoms with E-state index in [1.54, 1.807) is 24.0 Å². The minimum atomic E-state index is -3.07. The van der Waals surface area contributed by atoms with Crippen LogP contribution in [0.4, 0.5) is 0 Å². The van der Waals surface area contributed by atoms with Gasteiger partial charge in [0.05, 0.1) is 5.56 Å². The number of aryl methyl sites for hydroxylation is 2. The summed E-state index contributed by atoms with van der Waals surface area (Å²) in [6.45, 7) is -4.18. The van der Waals surface area contributed by atoms with E-state index in [1.807, 2.05) is 43.3 Å². The van der Waals surface area contributed by atoms with Gasteiger partial charge in [-0.2, -0.15) is 0 Å². The molecule has 2 aromatic carbocycles. The molecule has 138 valence electrons. The second-order valence-corrected chi connectivity index (χ2v) is 6.99. The summed E-state index contributed by atoms with van der Waals surface area (Å²) in [6, 6.07) is 14.5. The Hall–Kier alpha value is -3.20. The molecule has 3 nitrogen and oxygen atoms in total. The SMILES string of the molecule is [2H]C([2H])([2H])C([2H])(c1cc[n+](C)c(-c2c(C)c3ccccc3c3oc4ncccc4c23)c1)C([2H])([2H])[2H]. The lowest BCUT2D eigenvalue weighted by atomic mass is 9.91. The fourth-order valence-corrected chi connectivity index (χ4v) is 3.99. The summed E-state index contributed by atoms with van der Waals surface area (Å²) < 4.78 is 64.2. The van der Waals surface area contributed by atoms with E-state index in [9.17, 15) is 0 Å². The molecule has 0 spiro atoms. The molecule has 3 aromatic heterocycles. The first-order chi connectivity index (χ1) is 16.4. The number of rotatable bonds is 2. The second kappa shape index (κ2) is 6.16. The van der Waals surface area contributed by atoms with Gasteiger partial charge in [0.15, 0.2) is 6.20 Å². The topological polar surface area (TPSA) is 29.9 Å². The molecule has 0 aliphatic heterocycles. The molecule has 0 saturated carbocycles. The molecule has 5 rings (SSSR count). The van der Waals surface area contributed by atoms with Crippen LogP contribution in [0.2, 0.25) is 0 Å². The zero-order chi connectivity index (χ0) is 25.3. The van der Waals surface area contributed by atoms with Crippen molar-refractivity contribution in [3.63, 3.8) is 0 Å². The highest BCUT2D eigenvalue weighted by molar-refractivity contribution is 6.21. The first-order valence-corrected chi connectivity index (χ1v) is 9.05. The Labute approximate surface area is 174 Å². The normalized spacial score (nSPS) is 16.9. The van der Waals surface area contributed by atoms with Gasteiger partial charge in [-0.25, -0.2) is 9.55 Å². The molecule has 0 N–H and O–H groups in total. The van der Waals surface area contributed by atoms with Crippen LogP contribution in [0.5, 0.6) is 0 Å². The number of hydrogen-bond donors (Lipinski definition) is 0. The van der Waals surface area contributed by atoms with Gasteiger partial charge in [-0.15, -0.1) is 0 Å². The lowest BCUT2D eigenvalue weighted by Gasteiger charge is -2.12. The summed E-state index contributed by atoms with van der Waals surface area (Å²) in [7, 11) is 1.80. The summed E-state index contributed by atoms with van der Waals surface area (Å²) in [6.07, 6.45) is 3.26. The molecule has 0 saturated heterocycles. The molecule has 0 radical (unpaired) electrons. The maximum absolute atomic E-state index is 8.68. The standard InChI is InChI=1S/C25H23N2O/c1-15(2)17-11-13-27(4)21(14-17)22-16(3)18-8-5-6-9-19(18)24-23(22)20-10-7-12-26-25(20)28-24/h5-15H,1-4H3/q+1/i1D3,2D3,15D. The molecule has 0 amide bonds. The molecule has 28 heavy (non-hydrogen) atoms. The quantitative estimate of drug-likeness (QED) is 0.352. The summed E-state index contributed by atoms with van der Waals surface area (Å²) in [4.78, 5) is 4.38. The number of aromatic nitrogens is 2. The average Bonchev–Trinajstić information content (AvgIpc) is 3.18. The average molecular weight is 375 g/mol. The number of nitrogens with zero attached hydrogens (tertiary/aromatic N) is 2. The molecule has 3 heterocycles. The van der Waals surface area contributed by atoms with Crippen LogP contribution in [0.25, 0.3) is 44.1 Å². The van der Waals surface area contributed by atoms with E-state index in [0.717, 1.165) is 32.7 Å². The Morgan fingerprint density at radius 2 is 1.86 bits per heavy atom. The lowest BCUT2D eigenvalue weighted by Crippen LogP contribution is -2.31. The van der Waals surface area contributed by atoms with Crippen molar-refractivity contribution >= 4 is 32.8 Å². The number of hydrogen-bond acceptors (Lipinski definition) is 2. The van der Waals surface area contributed by atoms with E-state index in [0.29, 0.717) is 17.0 Å². The van der Waals surface area contributed by atoms with Gasteiger partial charge >= 0.3 is 0 Å². The predicted molar refractivity (Wildman–Crippen MR) is 114 cm³/mol. The lowest BCUT2D eigenvalue weighted by molar-refractivity contribution is -0.660. The maximum Gasteiger partial charge on any atom is 0.227 e. The molecule has 0 atom stereocenters. The molecular weight excluding hydrogens is 344 g/mol. The Morgan fingerprint density at radius 1 is 1.07 bits per heavy atom. The van der Waals surface area contributed by atoms with E-state index in [-0.39, 0.29) is 5.56 Å². The van der Waals surface area contributed by atoms with Crippen LogP contribution in [0.15, 0.2) is 65.3 Å². The van der Waals surface area contributed by atoms with Crippen LogP contribution in [-0.4, -0.2) is 4.98 Å². The Balaban J connectivity index is 1.94. The summed E-state index contributed by atoms with van der Waals surface area (Å²) in [5.41, 5.74) is 3.28. The van der Waals surface area contributed by atoms with E-state index in [4.69, 9.17) is 14.0 Å². The van der Waals surface area contributed by atoms with Crippen molar-refractivity contribution in [1.29, 1.82) is 0 Å². The molecule has 0 fully saturated rings. The molecule has 0 bridgehead atoms. The third-order valence-corrected chi connectivity index (χ3v) is 5.36. The van der Waals surface area contributed by atoms with Gasteiger partial charge in [-0.05, 0) is 41.5 Å². The van der Waals surface area contributed by atoms with Crippen LogP contribution in [0, 0.1) is 6.92 Å². The van der Waals surface area contributed by atoms with Gasteiger partial charge in [0.2, 0.25) is 11.4 Å². The summed E-state index contributed by atoms with van der Waals surface area (Å²) >= 11 is 0. The number of furan rings is 1. The van der Waals surface area contributed by atoms with Gasteiger partial charge < -0.3 is 4.42 Å². The maximum atomic E-state index is 8.68. The van der Waals surface area contributed by atoms with Crippen molar-refractivity contribution < 1.29 is 18.6 Å². The van der Waals surface area contributed by atoms with Crippen LogP contribution >= 0.6 is 0 Å². The second-order valence-electron chi connectivity index (χ2n) is 6.99. The highest BCUT2D eigenvalue weighted by atomic mass is 16.3. The fraction of sp³-hybridized carbons (Fsp3) is 0.200. The molecule has 0 unspecified atom stereocenters. The largest absolute Gasteiger partial charge is 0.437 e. The molecule has 0 aliphatic rings. The van der Waals surface area contributed by atoms with E-state index in [1.165, 1.54) is 12.1 Å². The van der Waals surface area contributed by atoms with Gasteiger partial charge in [-0.1, -0.05) is 38.0 Å². The van der Waals surface area contributed by atoms with Crippen LogP contribution in [0.1, 0.15) is 40.3 Å². The molecule has 0 aliphatic carbocycles. The highest BCUT2D eigenvalue weighted by Crippen LogP contribution is 2.42.